The summed E-state index contributed by atoms with van der Waals surface area (Å²) in [4.78, 5) is 12.0. The number of fused-ring (bicyclic) bond motifs is 2. The third-order valence-electron chi connectivity index (χ3n) is 3.63. The van der Waals surface area contributed by atoms with Crippen LogP contribution in [0.15, 0.2) is 48.5 Å². The summed E-state index contributed by atoms with van der Waals surface area (Å²) in [5.41, 5.74) is 3.70. The average molecular weight is 279 g/mol. The lowest BCUT2D eigenvalue weighted by Gasteiger charge is -2.30. The van der Waals surface area contributed by atoms with E-state index in [1.807, 2.05) is 48.5 Å². The van der Waals surface area contributed by atoms with E-state index in [1.54, 1.807) is 0 Å². The highest BCUT2D eigenvalue weighted by Gasteiger charge is 2.37. The monoisotopic (exact) mass is 279 g/mol. The van der Waals surface area contributed by atoms with Crippen LogP contribution in [0, 0.1) is 17.2 Å². The van der Waals surface area contributed by atoms with Crippen LogP contribution in [0.1, 0.15) is 17.0 Å². The molecule has 2 aromatic carbocycles. The number of nitriles is 1. The number of nitrogens with zero attached hydrogens (tertiary/aromatic N) is 1. The van der Waals surface area contributed by atoms with Crippen molar-refractivity contribution in [1.29, 1.82) is 5.26 Å². The number of hydrogen-bond donors (Lipinski definition) is 2. The average Bonchev–Trinajstić information content (AvgIpc) is 2.54. The summed E-state index contributed by atoms with van der Waals surface area (Å²) in [7, 11) is 0. The number of carbonyl (C=O) groups excluding carboxylic acids is 1. The predicted octanol–water partition coefficient (Wildman–Crippen LogP) is 2.05. The van der Waals surface area contributed by atoms with E-state index < -0.39 is 17.7 Å². The smallest absolute Gasteiger partial charge is 0.252 e. The minimum atomic E-state index is -0.916. The van der Waals surface area contributed by atoms with Gasteiger partial charge in [0.05, 0.1) is 6.07 Å². The summed E-state index contributed by atoms with van der Waals surface area (Å²) in [5.74, 6) is 4.71. The third-order valence-corrected chi connectivity index (χ3v) is 3.63. The van der Waals surface area contributed by atoms with Gasteiger partial charge in [0.2, 0.25) is 0 Å². The van der Waals surface area contributed by atoms with Gasteiger partial charge in [-0.25, -0.2) is 5.84 Å². The normalized spacial score (nSPS) is 14.1. The Kier molecular flexibility index (Phi) is 3.30. The molecular weight excluding hydrogens is 266 g/mol. The van der Waals surface area contributed by atoms with E-state index in [-0.39, 0.29) is 0 Å². The minimum Gasteiger partial charge on any atom is -0.457 e. The fourth-order valence-corrected chi connectivity index (χ4v) is 2.68. The Morgan fingerprint density at radius 3 is 2.14 bits per heavy atom. The molecule has 5 nitrogen and oxygen atoms in total. The van der Waals surface area contributed by atoms with Crippen molar-refractivity contribution >= 4 is 5.91 Å². The zero-order valence-electron chi connectivity index (χ0n) is 11.1. The van der Waals surface area contributed by atoms with E-state index in [1.165, 1.54) is 0 Å². The van der Waals surface area contributed by atoms with E-state index in [0.717, 1.165) is 11.1 Å². The van der Waals surface area contributed by atoms with Gasteiger partial charge in [0, 0.05) is 17.0 Å². The van der Waals surface area contributed by atoms with Crippen LogP contribution in [0.5, 0.6) is 11.5 Å². The Labute approximate surface area is 121 Å². The van der Waals surface area contributed by atoms with Gasteiger partial charge >= 0.3 is 0 Å². The fourth-order valence-electron chi connectivity index (χ4n) is 2.68. The lowest BCUT2D eigenvalue weighted by atomic mass is 9.79. The van der Waals surface area contributed by atoms with E-state index in [2.05, 4.69) is 11.5 Å². The van der Waals surface area contributed by atoms with Crippen molar-refractivity contribution in [2.45, 2.75) is 5.92 Å². The van der Waals surface area contributed by atoms with E-state index >= 15 is 0 Å². The number of nitrogens with two attached hydrogens (primary N) is 1. The molecule has 1 atom stereocenters. The highest BCUT2D eigenvalue weighted by Crippen LogP contribution is 2.47. The minimum absolute atomic E-state index is 0.403. The number of rotatable bonds is 2. The Hall–Kier alpha value is -2.84. The number of ether oxygens (including phenoxy) is 1. The van der Waals surface area contributed by atoms with E-state index in [4.69, 9.17) is 10.6 Å². The molecule has 3 N–H and O–H groups in total. The van der Waals surface area contributed by atoms with Gasteiger partial charge in [-0.3, -0.25) is 10.2 Å². The molecule has 0 fully saturated rings. The van der Waals surface area contributed by atoms with Crippen molar-refractivity contribution in [3.05, 3.63) is 59.7 Å². The van der Waals surface area contributed by atoms with Crippen LogP contribution in [-0.4, -0.2) is 5.91 Å². The van der Waals surface area contributed by atoms with E-state index in [9.17, 15) is 10.1 Å². The van der Waals surface area contributed by atoms with Crippen molar-refractivity contribution in [3.63, 3.8) is 0 Å². The molecule has 5 heteroatoms. The van der Waals surface area contributed by atoms with Crippen molar-refractivity contribution in [2.24, 2.45) is 11.8 Å². The topological polar surface area (TPSA) is 88.1 Å². The molecule has 0 saturated heterocycles. The standard InChI is InChI=1S/C16H13N3O2/c17-9-12(16(20)19-18)15-10-5-1-3-7-13(10)21-14-8-4-2-6-11(14)15/h1-8,12,15H,18H2,(H,19,20). The maximum atomic E-state index is 12.0. The molecule has 0 radical (unpaired) electrons. The maximum absolute atomic E-state index is 12.0. The summed E-state index contributed by atoms with van der Waals surface area (Å²) in [5, 5.41) is 9.42. The highest BCUT2D eigenvalue weighted by atomic mass is 16.5. The first-order valence-corrected chi connectivity index (χ1v) is 6.52. The molecule has 1 amide bonds. The highest BCUT2D eigenvalue weighted by molar-refractivity contribution is 5.83. The van der Waals surface area contributed by atoms with Gasteiger partial charge in [0.25, 0.3) is 5.91 Å². The number of hydrogen-bond acceptors (Lipinski definition) is 4. The summed E-state index contributed by atoms with van der Waals surface area (Å²) in [6.07, 6.45) is 0. The van der Waals surface area contributed by atoms with Crippen molar-refractivity contribution in [1.82, 2.24) is 5.43 Å². The summed E-state index contributed by atoms with van der Waals surface area (Å²) >= 11 is 0. The fraction of sp³-hybridized carbons (Fsp3) is 0.125. The van der Waals surface area contributed by atoms with Crippen LogP contribution in [-0.2, 0) is 4.79 Å². The zero-order valence-corrected chi connectivity index (χ0v) is 11.1. The van der Waals surface area contributed by atoms with Crippen LogP contribution in [0.25, 0.3) is 0 Å². The van der Waals surface area contributed by atoms with Gasteiger partial charge in [-0.2, -0.15) is 5.26 Å². The van der Waals surface area contributed by atoms with Crippen molar-refractivity contribution in [3.8, 4) is 17.6 Å². The maximum Gasteiger partial charge on any atom is 0.252 e. The lowest BCUT2D eigenvalue weighted by molar-refractivity contribution is -0.123. The van der Waals surface area contributed by atoms with Crippen molar-refractivity contribution in [2.75, 3.05) is 0 Å². The molecule has 0 aliphatic carbocycles. The number of amides is 1. The van der Waals surface area contributed by atoms with Gasteiger partial charge in [0.15, 0.2) is 0 Å². The van der Waals surface area contributed by atoms with Crippen molar-refractivity contribution < 1.29 is 9.53 Å². The molecule has 104 valence electrons. The zero-order chi connectivity index (χ0) is 14.8. The molecule has 1 heterocycles. The van der Waals surface area contributed by atoms with Crippen LogP contribution in [0.2, 0.25) is 0 Å². The Morgan fingerprint density at radius 1 is 1.14 bits per heavy atom. The quantitative estimate of drug-likeness (QED) is 0.500. The summed E-state index contributed by atoms with van der Waals surface area (Å²) in [6.45, 7) is 0. The van der Waals surface area contributed by atoms with Crippen LogP contribution in [0.3, 0.4) is 0 Å². The molecule has 0 bridgehead atoms. The van der Waals surface area contributed by atoms with Gasteiger partial charge in [-0.05, 0) is 12.1 Å². The molecule has 1 unspecified atom stereocenters. The Balaban J connectivity index is 2.19. The molecule has 21 heavy (non-hydrogen) atoms. The second-order valence-electron chi connectivity index (χ2n) is 4.77. The molecule has 0 saturated carbocycles. The number of nitrogens with one attached hydrogen (secondary N) is 1. The first kappa shape index (κ1) is 13.2. The van der Waals surface area contributed by atoms with Gasteiger partial charge in [-0.1, -0.05) is 36.4 Å². The molecule has 1 aliphatic heterocycles. The molecular formula is C16H13N3O2. The van der Waals surface area contributed by atoms with Gasteiger partial charge in [-0.15, -0.1) is 0 Å². The number of para-hydroxylation sites is 2. The molecule has 0 aromatic heterocycles. The van der Waals surface area contributed by atoms with Gasteiger partial charge < -0.3 is 4.74 Å². The van der Waals surface area contributed by atoms with Crippen LogP contribution < -0.4 is 16.0 Å². The first-order chi connectivity index (χ1) is 10.3. The Bertz CT molecular complexity index is 691. The number of hydrazine groups is 1. The molecule has 1 aliphatic rings. The molecule has 0 spiro atoms. The second-order valence-corrected chi connectivity index (χ2v) is 4.77. The lowest BCUT2D eigenvalue weighted by Crippen LogP contribution is -2.38. The van der Waals surface area contributed by atoms with Crippen LogP contribution in [0.4, 0.5) is 0 Å². The van der Waals surface area contributed by atoms with E-state index in [0.29, 0.717) is 11.5 Å². The number of benzene rings is 2. The summed E-state index contributed by atoms with van der Waals surface area (Å²) < 4.78 is 5.84. The molecule has 2 aromatic rings. The van der Waals surface area contributed by atoms with Gasteiger partial charge in [0.1, 0.15) is 17.4 Å². The molecule has 3 rings (SSSR count). The number of carbonyl (C=O) groups is 1. The largest absolute Gasteiger partial charge is 0.457 e. The van der Waals surface area contributed by atoms with Crippen LogP contribution >= 0.6 is 0 Å². The SMILES string of the molecule is N#CC(C(=O)NN)C1c2ccccc2Oc2ccccc21. The Morgan fingerprint density at radius 2 is 1.67 bits per heavy atom. The first-order valence-electron chi connectivity index (χ1n) is 6.52. The predicted molar refractivity (Wildman–Crippen MR) is 76.2 cm³/mol. The summed E-state index contributed by atoms with van der Waals surface area (Å²) in [6, 6.07) is 16.9. The second kappa shape index (κ2) is 5.27. The third kappa shape index (κ3) is 2.12.